The predicted molar refractivity (Wildman–Crippen MR) is 145 cm³/mol. The normalized spacial score (nSPS) is 16.4. The van der Waals surface area contributed by atoms with Crippen molar-refractivity contribution in [1.82, 2.24) is 19.9 Å². The zero-order valence-electron chi connectivity index (χ0n) is 21.3. The average Bonchev–Trinajstić information content (AvgIpc) is 3.43. The second-order valence-electron chi connectivity index (χ2n) is 9.44. The van der Waals surface area contributed by atoms with Crippen molar-refractivity contribution in [2.75, 3.05) is 25.1 Å². The van der Waals surface area contributed by atoms with E-state index in [1.807, 2.05) is 30.1 Å². The highest BCUT2D eigenvalue weighted by atomic mass is 19.4. The summed E-state index contributed by atoms with van der Waals surface area (Å²) in [7, 11) is 0. The monoisotopic (exact) mass is 544 g/mol. The van der Waals surface area contributed by atoms with Crippen molar-refractivity contribution in [3.63, 3.8) is 0 Å². The van der Waals surface area contributed by atoms with Crippen molar-refractivity contribution in [2.45, 2.75) is 13.1 Å². The Hall–Kier alpha value is -5.00. The second kappa shape index (κ2) is 9.63. The number of alkyl halides is 3. The van der Waals surface area contributed by atoms with Crippen LogP contribution in [0.2, 0.25) is 0 Å². The number of fused-ring (bicyclic) bond motifs is 2. The molecule has 5 heterocycles. The average molecular weight is 545 g/mol. The number of hydrazine groups is 1. The highest BCUT2D eigenvalue weighted by Crippen LogP contribution is 2.41. The molecule has 40 heavy (non-hydrogen) atoms. The van der Waals surface area contributed by atoms with Gasteiger partial charge in [-0.25, -0.2) is 4.99 Å². The number of nitrogens with zero attached hydrogens (tertiary/aromatic N) is 6. The molecule has 3 aromatic rings. The first-order valence-corrected chi connectivity index (χ1v) is 12.4. The minimum atomic E-state index is -4.71. The number of aryl methyl sites for hydroxylation is 1. The van der Waals surface area contributed by atoms with Gasteiger partial charge in [-0.05, 0) is 54.0 Å². The van der Waals surface area contributed by atoms with E-state index in [4.69, 9.17) is 10.7 Å². The summed E-state index contributed by atoms with van der Waals surface area (Å²) in [4.78, 5) is 31.5. The van der Waals surface area contributed by atoms with Crippen molar-refractivity contribution in [3.05, 3.63) is 94.8 Å². The first-order chi connectivity index (χ1) is 19.2. The molecule has 12 heteroatoms. The number of aromatic nitrogens is 2. The maximum absolute atomic E-state index is 14.0. The van der Waals surface area contributed by atoms with E-state index in [2.05, 4.69) is 25.3 Å². The lowest BCUT2D eigenvalue weighted by atomic mass is 9.90. The van der Waals surface area contributed by atoms with E-state index >= 15 is 0 Å². The number of pyridine rings is 2. The van der Waals surface area contributed by atoms with Gasteiger partial charge in [0, 0.05) is 36.3 Å². The van der Waals surface area contributed by atoms with E-state index < -0.39 is 23.3 Å². The summed E-state index contributed by atoms with van der Waals surface area (Å²) in [5.41, 5.74) is 11.9. The number of aliphatic imine (C=N–C) groups is 2. The molecule has 0 bridgehead atoms. The first kappa shape index (κ1) is 25.3. The Morgan fingerprint density at radius 2 is 1.90 bits per heavy atom. The van der Waals surface area contributed by atoms with Crippen LogP contribution < -0.4 is 11.2 Å². The zero-order valence-corrected chi connectivity index (χ0v) is 21.3. The molecular weight excluding hydrogens is 521 g/mol. The maximum atomic E-state index is 14.0. The minimum absolute atomic E-state index is 0.181. The Labute approximate surface area is 227 Å². The summed E-state index contributed by atoms with van der Waals surface area (Å²) in [6, 6.07) is 9.45. The second-order valence-corrected chi connectivity index (χ2v) is 9.44. The number of hydrogen-bond donors (Lipinski definition) is 2. The number of halogens is 3. The topological polar surface area (TPSA) is 112 Å². The zero-order chi connectivity index (χ0) is 28.0. The number of carbonyl (C=O) groups is 1. The summed E-state index contributed by atoms with van der Waals surface area (Å²) >= 11 is 0. The lowest BCUT2D eigenvalue weighted by Gasteiger charge is -2.35. The summed E-state index contributed by atoms with van der Waals surface area (Å²) in [6.07, 6.45) is 3.22. The van der Waals surface area contributed by atoms with Gasteiger partial charge in [-0.15, -0.1) is 0 Å². The molecule has 2 aromatic heterocycles. The van der Waals surface area contributed by atoms with Gasteiger partial charge in [-0.2, -0.15) is 13.2 Å². The van der Waals surface area contributed by atoms with Crippen molar-refractivity contribution >= 4 is 29.3 Å². The SMILES string of the molecule is Cc1ccc(-c2c(C(F)(F)F)ccnc2C(N)=O)cc1C1=CC2=C(CN(Nc3ccncc3)C=N2)N2CCN=C12. The fourth-order valence-corrected chi connectivity index (χ4v) is 5.08. The molecule has 3 N–H and O–H groups in total. The summed E-state index contributed by atoms with van der Waals surface area (Å²) in [6.45, 7) is 3.61. The number of benzene rings is 1. The molecule has 6 rings (SSSR count). The molecule has 0 radical (unpaired) electrons. The maximum Gasteiger partial charge on any atom is 0.417 e. The van der Waals surface area contributed by atoms with E-state index in [1.54, 1.807) is 36.9 Å². The van der Waals surface area contributed by atoms with Crippen LogP contribution in [0.5, 0.6) is 0 Å². The van der Waals surface area contributed by atoms with Gasteiger partial charge in [0.05, 0.1) is 35.7 Å². The Kier molecular flexibility index (Phi) is 6.09. The standard InChI is InChI=1S/C28H23F3N8O/c1-16-2-3-17(24-21(28(29,30)31)6-9-34-25(24)26(32)40)12-19(16)20-13-22-23(39-11-10-35-27(20)39)14-38(15-36-22)37-18-4-7-33-8-5-18/h2-9,12-13,15H,10-11,14H2,1H3,(H2,32,40)(H,33,37). The molecule has 0 saturated carbocycles. The van der Waals surface area contributed by atoms with Crippen LogP contribution in [0.15, 0.2) is 82.4 Å². The number of carbonyl (C=O) groups excluding carboxylic acids is 1. The van der Waals surface area contributed by atoms with E-state index in [-0.39, 0.29) is 11.1 Å². The van der Waals surface area contributed by atoms with Crippen molar-refractivity contribution in [1.29, 1.82) is 0 Å². The van der Waals surface area contributed by atoms with Crippen LogP contribution in [0.25, 0.3) is 16.7 Å². The van der Waals surface area contributed by atoms with Gasteiger partial charge in [0.15, 0.2) is 0 Å². The number of nitrogens with two attached hydrogens (primary N) is 1. The van der Waals surface area contributed by atoms with Crippen molar-refractivity contribution in [2.24, 2.45) is 15.7 Å². The summed E-state index contributed by atoms with van der Waals surface area (Å²) in [5.74, 6) is -0.319. The molecular formula is C28H23F3N8O. The molecule has 3 aliphatic rings. The molecule has 1 amide bonds. The van der Waals surface area contributed by atoms with Gasteiger partial charge in [-0.1, -0.05) is 12.1 Å². The number of amides is 1. The third-order valence-electron chi connectivity index (χ3n) is 6.90. The first-order valence-electron chi connectivity index (χ1n) is 12.4. The summed E-state index contributed by atoms with van der Waals surface area (Å²) in [5, 5.41) is 1.86. The Balaban J connectivity index is 1.42. The number of rotatable bonds is 5. The van der Waals surface area contributed by atoms with Crippen LogP contribution in [0.1, 0.15) is 27.2 Å². The van der Waals surface area contributed by atoms with Gasteiger partial charge in [-0.3, -0.25) is 30.2 Å². The molecule has 3 aliphatic heterocycles. The number of nitrogens with one attached hydrogen (secondary N) is 1. The Morgan fingerprint density at radius 1 is 1.10 bits per heavy atom. The molecule has 0 atom stereocenters. The molecule has 0 spiro atoms. The quantitative estimate of drug-likeness (QED) is 0.497. The van der Waals surface area contributed by atoms with E-state index in [0.29, 0.717) is 25.2 Å². The smallest absolute Gasteiger partial charge is 0.364 e. The van der Waals surface area contributed by atoms with E-state index in [9.17, 15) is 18.0 Å². The fraction of sp³-hybridized carbons (Fsp3) is 0.179. The fourth-order valence-electron chi connectivity index (χ4n) is 5.08. The van der Waals surface area contributed by atoms with E-state index in [1.165, 1.54) is 0 Å². The van der Waals surface area contributed by atoms with Crippen molar-refractivity contribution < 1.29 is 18.0 Å². The van der Waals surface area contributed by atoms with Crippen molar-refractivity contribution in [3.8, 4) is 11.1 Å². The number of amidine groups is 1. The Morgan fingerprint density at radius 3 is 2.65 bits per heavy atom. The van der Waals surface area contributed by atoms with Crippen LogP contribution in [-0.2, 0) is 6.18 Å². The van der Waals surface area contributed by atoms with Crippen LogP contribution >= 0.6 is 0 Å². The third kappa shape index (κ3) is 4.46. The van der Waals surface area contributed by atoms with Crippen LogP contribution in [-0.4, -0.2) is 57.6 Å². The molecule has 0 aliphatic carbocycles. The molecule has 202 valence electrons. The predicted octanol–water partition coefficient (Wildman–Crippen LogP) is 4.26. The van der Waals surface area contributed by atoms with Gasteiger partial charge in [0.2, 0.25) is 0 Å². The van der Waals surface area contributed by atoms with Gasteiger partial charge in [0.25, 0.3) is 5.91 Å². The lowest BCUT2D eigenvalue weighted by molar-refractivity contribution is -0.137. The highest BCUT2D eigenvalue weighted by Gasteiger charge is 2.37. The molecule has 9 nitrogen and oxygen atoms in total. The minimum Gasteiger partial charge on any atom is -0.364 e. The molecule has 1 aromatic carbocycles. The van der Waals surface area contributed by atoms with Crippen LogP contribution in [0, 0.1) is 6.92 Å². The van der Waals surface area contributed by atoms with Gasteiger partial charge < -0.3 is 10.6 Å². The molecule has 0 fully saturated rings. The molecule has 0 saturated heterocycles. The third-order valence-corrected chi connectivity index (χ3v) is 6.90. The van der Waals surface area contributed by atoms with Gasteiger partial charge in [0.1, 0.15) is 17.9 Å². The largest absolute Gasteiger partial charge is 0.417 e. The van der Waals surface area contributed by atoms with Gasteiger partial charge >= 0.3 is 6.18 Å². The summed E-state index contributed by atoms with van der Waals surface area (Å²) < 4.78 is 42.0. The van der Waals surface area contributed by atoms with Crippen LogP contribution in [0.4, 0.5) is 18.9 Å². The number of hydrogen-bond acceptors (Lipinski definition) is 8. The number of allylic oxidation sites excluding steroid dienone is 1. The Bertz CT molecular complexity index is 1640. The van der Waals surface area contributed by atoms with E-state index in [0.717, 1.165) is 46.3 Å². The lowest BCUT2D eigenvalue weighted by Crippen LogP contribution is -2.42. The molecule has 0 unspecified atom stereocenters. The number of anilines is 1. The highest BCUT2D eigenvalue weighted by molar-refractivity contribution is 6.25. The van der Waals surface area contributed by atoms with Crippen LogP contribution in [0.3, 0.4) is 0 Å². The number of primary amides is 1.